The molecule has 2 saturated carbocycles. The van der Waals surface area contributed by atoms with E-state index in [9.17, 15) is 9.90 Å². The fourth-order valence-corrected chi connectivity index (χ4v) is 6.17. The van der Waals surface area contributed by atoms with E-state index >= 15 is 0 Å². The lowest BCUT2D eigenvalue weighted by atomic mass is 9.87. The van der Waals surface area contributed by atoms with Crippen molar-refractivity contribution in [2.45, 2.75) is 76.0 Å². The fourth-order valence-electron chi connectivity index (χ4n) is 5.60. The summed E-state index contributed by atoms with van der Waals surface area (Å²) in [6, 6.07) is 3.90. The molecular weight excluding hydrogens is 385 g/mol. The molecule has 0 aliphatic heterocycles. The van der Waals surface area contributed by atoms with Crippen LogP contribution in [0, 0.1) is 11.8 Å². The van der Waals surface area contributed by atoms with Gasteiger partial charge >= 0.3 is 6.09 Å². The number of rotatable bonds is 1. The Balaban J connectivity index is 1.47. The highest BCUT2D eigenvalue weighted by atomic mass is 35.5. The van der Waals surface area contributed by atoms with Crippen molar-refractivity contribution in [2.24, 2.45) is 11.8 Å². The second-order valence-corrected chi connectivity index (χ2v) is 10.1. The number of carbonyl (C=O) groups excluding carboxylic acids is 1. The molecule has 1 spiro atoms. The summed E-state index contributed by atoms with van der Waals surface area (Å²) < 4.78 is 5.38. The zero-order valence-corrected chi connectivity index (χ0v) is 17.5. The van der Waals surface area contributed by atoms with Gasteiger partial charge in [0.25, 0.3) is 0 Å². The third kappa shape index (κ3) is 3.24. The Morgan fingerprint density at radius 3 is 2.41 bits per heavy atom. The highest BCUT2D eigenvalue weighted by molar-refractivity contribution is 6.35. The maximum absolute atomic E-state index is 12.1. The molecule has 148 valence electrons. The van der Waals surface area contributed by atoms with Crippen LogP contribution in [0.3, 0.4) is 0 Å². The Bertz CT molecular complexity index is 759. The number of benzene rings is 1. The number of nitrogens with one attached hydrogen (secondary N) is 1. The first kappa shape index (κ1) is 19.4. The number of hydrogen-bond acceptors (Lipinski definition) is 3. The smallest absolute Gasteiger partial charge is 0.407 e. The Morgan fingerprint density at radius 2 is 1.81 bits per heavy atom. The molecule has 3 atom stereocenters. The first-order chi connectivity index (χ1) is 12.6. The van der Waals surface area contributed by atoms with E-state index in [1.54, 1.807) is 6.07 Å². The van der Waals surface area contributed by atoms with Crippen molar-refractivity contribution in [1.29, 1.82) is 0 Å². The lowest BCUT2D eigenvalue weighted by Gasteiger charge is -2.25. The summed E-state index contributed by atoms with van der Waals surface area (Å²) in [6.07, 6.45) is 3.63. The van der Waals surface area contributed by atoms with Gasteiger partial charge in [0.1, 0.15) is 5.60 Å². The molecule has 27 heavy (non-hydrogen) atoms. The normalized spacial score (nSPS) is 34.6. The molecule has 0 heterocycles. The molecule has 0 aromatic heterocycles. The minimum absolute atomic E-state index is 0.130. The largest absolute Gasteiger partial charge is 0.444 e. The van der Waals surface area contributed by atoms with Crippen LogP contribution in [0.1, 0.15) is 57.6 Å². The van der Waals surface area contributed by atoms with Crippen LogP contribution in [0.2, 0.25) is 10.0 Å². The predicted octanol–water partition coefficient (Wildman–Crippen LogP) is 4.86. The summed E-state index contributed by atoms with van der Waals surface area (Å²) in [7, 11) is 0. The van der Waals surface area contributed by atoms with Crippen LogP contribution in [-0.4, -0.2) is 28.9 Å². The van der Waals surface area contributed by atoms with Gasteiger partial charge in [-0.15, -0.1) is 0 Å². The number of fused-ring (bicyclic) bond motifs is 5. The number of ether oxygens (including phenoxy) is 1. The molecule has 0 radical (unpaired) electrons. The Kier molecular flexibility index (Phi) is 4.68. The number of amides is 1. The summed E-state index contributed by atoms with van der Waals surface area (Å²) in [5, 5.41) is 15.2. The fraction of sp³-hybridized carbons (Fsp3) is 0.667. The van der Waals surface area contributed by atoms with Crippen LogP contribution >= 0.6 is 23.2 Å². The van der Waals surface area contributed by atoms with Gasteiger partial charge in [0, 0.05) is 27.9 Å². The summed E-state index contributed by atoms with van der Waals surface area (Å²) in [5.74, 6) is 0.849. The van der Waals surface area contributed by atoms with Gasteiger partial charge in [-0.1, -0.05) is 23.2 Å². The number of alkyl carbamates (subject to hydrolysis) is 1. The van der Waals surface area contributed by atoms with Crippen molar-refractivity contribution in [3.63, 3.8) is 0 Å². The topological polar surface area (TPSA) is 58.6 Å². The first-order valence-electron chi connectivity index (χ1n) is 9.79. The highest BCUT2D eigenvalue weighted by Crippen LogP contribution is 2.70. The quantitative estimate of drug-likeness (QED) is 0.693. The van der Waals surface area contributed by atoms with E-state index in [1.165, 1.54) is 0 Å². The van der Waals surface area contributed by atoms with Gasteiger partial charge in [-0.3, -0.25) is 0 Å². The second kappa shape index (κ2) is 6.53. The van der Waals surface area contributed by atoms with Crippen molar-refractivity contribution in [3.05, 3.63) is 33.3 Å². The zero-order chi connectivity index (χ0) is 19.6. The van der Waals surface area contributed by atoms with Gasteiger partial charge in [0.2, 0.25) is 0 Å². The van der Waals surface area contributed by atoms with Gasteiger partial charge in [-0.2, -0.15) is 0 Å². The highest BCUT2D eigenvalue weighted by Gasteiger charge is 2.71. The Labute approximate surface area is 170 Å². The van der Waals surface area contributed by atoms with Gasteiger partial charge < -0.3 is 15.2 Å². The molecule has 3 aliphatic rings. The third-order valence-electron chi connectivity index (χ3n) is 6.55. The van der Waals surface area contributed by atoms with Gasteiger partial charge in [-0.25, -0.2) is 4.79 Å². The van der Waals surface area contributed by atoms with E-state index in [4.69, 9.17) is 27.9 Å². The maximum atomic E-state index is 12.1. The molecule has 4 nitrogen and oxygen atoms in total. The number of halogens is 2. The van der Waals surface area contributed by atoms with Crippen LogP contribution in [-0.2, 0) is 16.6 Å². The molecule has 3 aliphatic carbocycles. The lowest BCUT2D eigenvalue weighted by molar-refractivity contribution is 0.0496. The van der Waals surface area contributed by atoms with E-state index < -0.39 is 11.7 Å². The molecular formula is C21H27Cl2NO3. The maximum Gasteiger partial charge on any atom is 0.407 e. The molecule has 0 saturated heterocycles. The van der Waals surface area contributed by atoms with Crippen LogP contribution in [0.15, 0.2) is 12.1 Å². The van der Waals surface area contributed by atoms with E-state index in [-0.39, 0.29) is 17.6 Å². The standard InChI is InChI=1S/C21H27Cl2NO3/c1-20(2,3)27-19(26)24-12-4-6-14-15(7-5-12)21(14)16-8-11(22)9-17(23)13(16)10-18(21)25/h8-9,12,14-15,18,25H,4-7,10H2,1-3H3,(H,24,26)/t12?,14?,15?,18-,21?/m1/s1. The second-order valence-electron chi connectivity index (χ2n) is 9.28. The minimum Gasteiger partial charge on any atom is -0.444 e. The summed E-state index contributed by atoms with van der Waals surface area (Å²) in [5.41, 5.74) is 1.53. The Hall–Kier alpha value is -0.970. The summed E-state index contributed by atoms with van der Waals surface area (Å²) in [4.78, 5) is 12.1. The first-order valence-corrected chi connectivity index (χ1v) is 10.5. The monoisotopic (exact) mass is 411 g/mol. The number of hydrogen-bond donors (Lipinski definition) is 2. The number of aliphatic hydroxyl groups is 1. The van der Waals surface area contributed by atoms with Crippen molar-refractivity contribution < 1.29 is 14.6 Å². The molecule has 1 amide bonds. The van der Waals surface area contributed by atoms with Crippen molar-refractivity contribution >= 4 is 29.3 Å². The lowest BCUT2D eigenvalue weighted by Crippen LogP contribution is -2.39. The summed E-state index contributed by atoms with van der Waals surface area (Å²) in [6.45, 7) is 5.61. The molecule has 2 N–H and O–H groups in total. The van der Waals surface area contributed by atoms with Crippen LogP contribution < -0.4 is 5.32 Å². The van der Waals surface area contributed by atoms with E-state index in [1.807, 2.05) is 26.8 Å². The van der Waals surface area contributed by atoms with Crippen molar-refractivity contribution in [2.75, 3.05) is 0 Å². The van der Waals surface area contributed by atoms with Gasteiger partial charge in [0.15, 0.2) is 0 Å². The van der Waals surface area contributed by atoms with Gasteiger partial charge in [-0.05, 0) is 81.5 Å². The van der Waals surface area contributed by atoms with Crippen LogP contribution in [0.4, 0.5) is 4.79 Å². The molecule has 0 bridgehead atoms. The average molecular weight is 412 g/mol. The zero-order valence-electron chi connectivity index (χ0n) is 16.0. The number of aliphatic hydroxyl groups excluding tert-OH is 1. The van der Waals surface area contributed by atoms with E-state index in [2.05, 4.69) is 5.32 Å². The molecule has 1 aromatic rings. The minimum atomic E-state index is -0.489. The molecule has 2 unspecified atom stereocenters. The predicted molar refractivity (Wildman–Crippen MR) is 106 cm³/mol. The van der Waals surface area contributed by atoms with E-state index in [0.717, 1.165) is 36.8 Å². The third-order valence-corrected chi connectivity index (χ3v) is 7.11. The van der Waals surface area contributed by atoms with Crippen molar-refractivity contribution in [3.8, 4) is 0 Å². The van der Waals surface area contributed by atoms with Crippen LogP contribution in [0.25, 0.3) is 0 Å². The Morgan fingerprint density at radius 1 is 1.19 bits per heavy atom. The van der Waals surface area contributed by atoms with E-state index in [0.29, 0.717) is 28.3 Å². The molecule has 6 heteroatoms. The van der Waals surface area contributed by atoms with Gasteiger partial charge in [0.05, 0.1) is 6.10 Å². The molecule has 2 fully saturated rings. The van der Waals surface area contributed by atoms with Crippen molar-refractivity contribution in [1.82, 2.24) is 5.32 Å². The SMILES string of the molecule is CC(C)(C)OC(=O)NC1CCC2C(CC1)C21c2cc(Cl)cc(Cl)c2C[C@H]1O. The number of carbonyl (C=O) groups is 1. The average Bonchev–Trinajstić information content (AvgIpc) is 3.13. The van der Waals surface area contributed by atoms with Crippen LogP contribution in [0.5, 0.6) is 0 Å². The molecule has 4 rings (SSSR count). The summed E-state index contributed by atoms with van der Waals surface area (Å²) >= 11 is 12.7. The molecule has 1 aromatic carbocycles.